The van der Waals surface area contributed by atoms with E-state index in [1.54, 1.807) is 17.0 Å². The number of nitrogens with zero attached hydrogens (tertiary/aromatic N) is 4. The van der Waals surface area contributed by atoms with Gasteiger partial charge in [-0.2, -0.15) is 0 Å². The molecule has 1 aliphatic heterocycles. The molecule has 0 aromatic heterocycles. The number of rotatable bonds is 13. The van der Waals surface area contributed by atoms with Crippen molar-refractivity contribution in [2.24, 2.45) is 5.73 Å². The zero-order valence-corrected chi connectivity index (χ0v) is 30.7. The molecule has 1 aliphatic rings. The van der Waals surface area contributed by atoms with E-state index in [-0.39, 0.29) is 111 Å². The van der Waals surface area contributed by atoms with Gasteiger partial charge >= 0.3 is 45.9 Å². The predicted molar refractivity (Wildman–Crippen MR) is 166 cm³/mol. The molecular formula is C26H35GdI2N6O10. The minimum Gasteiger partial charge on any atom is -0.549 e. The minimum absolute atomic E-state index is 0. The van der Waals surface area contributed by atoms with Gasteiger partial charge in [0.1, 0.15) is 11.8 Å². The molecule has 2 unspecified atom stereocenters. The SMILES string of the molecule is NC(Cc1cc(I)c(O)c(I)c1)C(=O)NC(CN1CCN(CC(=O)[O-])CCN(CC(=O)[O-])CCN(CC(=O)[O-])CC1)C(=O)O.[Gd+3]. The van der Waals surface area contributed by atoms with E-state index in [0.29, 0.717) is 12.7 Å². The molecule has 0 spiro atoms. The number of carbonyl (C=O) groups is 5. The Morgan fingerprint density at radius 2 is 1.13 bits per heavy atom. The van der Waals surface area contributed by atoms with Crippen molar-refractivity contribution in [1.29, 1.82) is 0 Å². The second-order valence-electron chi connectivity index (χ2n) is 10.4. The summed E-state index contributed by atoms with van der Waals surface area (Å²) >= 11 is 3.90. The zero-order chi connectivity index (χ0) is 33.0. The molecule has 0 saturated carbocycles. The Kier molecular flexibility index (Phi) is 19.6. The van der Waals surface area contributed by atoms with E-state index in [1.807, 2.05) is 45.2 Å². The number of carbonyl (C=O) groups excluding carboxylic acids is 4. The fourth-order valence-electron chi connectivity index (χ4n) is 4.59. The van der Waals surface area contributed by atoms with Gasteiger partial charge in [0.05, 0.1) is 31.1 Å². The zero-order valence-electron chi connectivity index (χ0n) is 24.1. The standard InChI is InChI=1S/C26H38I2N6O10.Gd/c27-17-9-16(10-18(28)24(17)41)11-19(29)25(42)30-20(26(43)44)12-31-1-3-32(13-21(35)36)5-7-34(15-23(39)40)8-6-33(4-2-31)14-22(37)38;/h9-10,19-20,41H,1-8,11-15,29H2,(H,30,42)(H,35,36)(H,37,38)(H,39,40)(H,43,44);/q;+3/p-3. The van der Waals surface area contributed by atoms with Crippen LogP contribution in [0.15, 0.2) is 12.1 Å². The monoisotopic (exact) mass is 1000 g/mol. The van der Waals surface area contributed by atoms with Crippen LogP contribution in [0.3, 0.4) is 0 Å². The Morgan fingerprint density at radius 1 is 0.778 bits per heavy atom. The molecule has 16 nitrogen and oxygen atoms in total. The number of amides is 1. The van der Waals surface area contributed by atoms with Crippen LogP contribution in [0.2, 0.25) is 0 Å². The number of nitrogens with one attached hydrogen (secondary N) is 1. The Bertz CT molecular complexity index is 1140. The first-order chi connectivity index (χ1) is 20.6. The molecule has 1 radical (unpaired) electrons. The summed E-state index contributed by atoms with van der Waals surface area (Å²) in [6.07, 6.45) is 0.0828. The summed E-state index contributed by atoms with van der Waals surface area (Å²) < 4.78 is 1.14. The molecule has 1 amide bonds. The van der Waals surface area contributed by atoms with Gasteiger partial charge in [0.2, 0.25) is 5.91 Å². The van der Waals surface area contributed by atoms with E-state index in [4.69, 9.17) is 5.73 Å². The summed E-state index contributed by atoms with van der Waals surface area (Å²) in [5.41, 5.74) is 6.76. The number of carboxylic acids is 4. The molecule has 19 heteroatoms. The van der Waals surface area contributed by atoms with Gasteiger partial charge in [-0.3, -0.25) is 24.4 Å². The normalized spacial score (nSPS) is 17.6. The number of hydrogen-bond acceptors (Lipinski definition) is 14. The Balaban J connectivity index is 0.0000101. The van der Waals surface area contributed by atoms with Crippen molar-refractivity contribution in [2.45, 2.75) is 18.5 Å². The van der Waals surface area contributed by atoms with E-state index in [9.17, 15) is 49.5 Å². The quantitative estimate of drug-likeness (QED) is 0.135. The molecule has 0 bridgehead atoms. The van der Waals surface area contributed by atoms with Gasteiger partial charge in [-0.15, -0.1) is 0 Å². The first-order valence-corrected chi connectivity index (χ1v) is 15.7. The summed E-state index contributed by atoms with van der Waals surface area (Å²) in [7, 11) is 0. The Morgan fingerprint density at radius 3 is 1.47 bits per heavy atom. The first-order valence-electron chi connectivity index (χ1n) is 13.6. The van der Waals surface area contributed by atoms with E-state index in [0.717, 1.165) is 0 Å². The topological polar surface area (TPSA) is 246 Å². The average Bonchev–Trinajstić information content (AvgIpc) is 2.91. The van der Waals surface area contributed by atoms with Crippen LogP contribution in [0.25, 0.3) is 0 Å². The van der Waals surface area contributed by atoms with Crippen molar-refractivity contribution in [2.75, 3.05) is 78.5 Å². The van der Waals surface area contributed by atoms with Gasteiger partial charge in [-0.25, -0.2) is 4.79 Å². The van der Waals surface area contributed by atoms with Crippen LogP contribution >= 0.6 is 45.2 Å². The molecule has 251 valence electrons. The van der Waals surface area contributed by atoms with Crippen LogP contribution in [-0.4, -0.2) is 150 Å². The Labute approximate surface area is 319 Å². The second-order valence-corrected chi connectivity index (χ2v) is 12.7. The number of hydrogen-bond donors (Lipinski definition) is 4. The number of phenolic OH excluding ortho intramolecular Hbond substituents is 1. The van der Waals surface area contributed by atoms with Crippen LogP contribution in [0.4, 0.5) is 0 Å². The molecule has 1 aromatic carbocycles. The van der Waals surface area contributed by atoms with Crippen molar-refractivity contribution < 1.29 is 89.4 Å². The van der Waals surface area contributed by atoms with Gasteiger partial charge in [0.15, 0.2) is 0 Å². The number of benzene rings is 1. The second kappa shape index (κ2) is 21.0. The van der Waals surface area contributed by atoms with Crippen LogP contribution in [0, 0.1) is 47.1 Å². The number of halogens is 2. The van der Waals surface area contributed by atoms with Crippen molar-refractivity contribution in [3.8, 4) is 5.75 Å². The van der Waals surface area contributed by atoms with Crippen LogP contribution in [0.5, 0.6) is 5.75 Å². The molecule has 45 heavy (non-hydrogen) atoms. The van der Waals surface area contributed by atoms with Gasteiger partial charge in [-0.1, -0.05) is 0 Å². The van der Waals surface area contributed by atoms with Crippen LogP contribution in [0.1, 0.15) is 5.56 Å². The van der Waals surface area contributed by atoms with Gasteiger partial charge < -0.3 is 51.0 Å². The molecule has 1 saturated heterocycles. The van der Waals surface area contributed by atoms with E-state index in [2.05, 4.69) is 5.32 Å². The molecular weight excluding hydrogens is 967 g/mol. The molecule has 1 aromatic rings. The third kappa shape index (κ3) is 16.1. The van der Waals surface area contributed by atoms with E-state index >= 15 is 0 Å². The number of aliphatic carboxylic acids is 4. The number of carboxylic acid groups (broad SMARTS) is 4. The van der Waals surface area contributed by atoms with Gasteiger partial charge in [0.25, 0.3) is 0 Å². The summed E-state index contributed by atoms with van der Waals surface area (Å²) in [4.78, 5) is 65.3. The first kappa shape index (κ1) is 42.0. The number of phenols is 1. The molecule has 2 rings (SSSR count). The summed E-state index contributed by atoms with van der Waals surface area (Å²) in [6, 6.07) is 0.848. The predicted octanol–water partition coefficient (Wildman–Crippen LogP) is -5.49. The maximum atomic E-state index is 12.9. The fourth-order valence-corrected chi connectivity index (χ4v) is 6.49. The molecule has 2 atom stereocenters. The van der Waals surface area contributed by atoms with E-state index in [1.165, 1.54) is 14.7 Å². The third-order valence-electron chi connectivity index (χ3n) is 6.91. The smallest absolute Gasteiger partial charge is 0.549 e. The average molecular weight is 1000 g/mol. The van der Waals surface area contributed by atoms with Crippen molar-refractivity contribution in [3.05, 3.63) is 24.8 Å². The van der Waals surface area contributed by atoms with Crippen LogP contribution in [-0.2, 0) is 30.4 Å². The van der Waals surface area contributed by atoms with E-state index < -0.39 is 61.5 Å². The maximum Gasteiger partial charge on any atom is 3.00 e. The maximum absolute atomic E-state index is 12.9. The summed E-state index contributed by atoms with van der Waals surface area (Å²) in [6.45, 7) is -0.424. The largest absolute Gasteiger partial charge is 3.00 e. The summed E-state index contributed by atoms with van der Waals surface area (Å²) in [5.74, 6) is -5.97. The molecule has 0 aliphatic carbocycles. The van der Waals surface area contributed by atoms with Crippen molar-refractivity contribution >= 4 is 75.0 Å². The fraction of sp³-hybridized carbons (Fsp3) is 0.577. The van der Waals surface area contributed by atoms with Crippen LogP contribution < -0.4 is 26.4 Å². The minimum atomic E-state index is -1.40. The Hall–Kier alpha value is -1.05. The number of aromatic hydroxyl groups is 1. The third-order valence-corrected chi connectivity index (χ3v) is 8.56. The van der Waals surface area contributed by atoms with Crippen molar-refractivity contribution in [1.82, 2.24) is 24.9 Å². The summed E-state index contributed by atoms with van der Waals surface area (Å²) in [5, 5.41) is 56.3. The molecule has 5 N–H and O–H groups in total. The van der Waals surface area contributed by atoms with Gasteiger partial charge in [-0.05, 0) is 69.3 Å². The van der Waals surface area contributed by atoms with Crippen molar-refractivity contribution in [3.63, 3.8) is 0 Å². The number of nitrogens with two attached hydrogens (primary N) is 1. The molecule has 1 heterocycles. The molecule has 1 fully saturated rings. The van der Waals surface area contributed by atoms with Gasteiger partial charge in [0, 0.05) is 78.5 Å².